The first kappa shape index (κ1) is 14.7. The fraction of sp³-hybridized carbons (Fsp3) is 0.583. The summed E-state index contributed by atoms with van der Waals surface area (Å²) in [4.78, 5) is 28.3. The summed E-state index contributed by atoms with van der Waals surface area (Å²) in [5, 5.41) is 13.8. The molecule has 1 aliphatic heterocycles. The second-order valence-corrected chi connectivity index (χ2v) is 5.68. The number of urea groups is 1. The lowest BCUT2D eigenvalue weighted by atomic mass is 10.1. The molecule has 0 bridgehead atoms. The average molecular weight is 298 g/mol. The Kier molecular flexibility index (Phi) is 4.91. The predicted octanol–water partition coefficient (Wildman–Crippen LogP) is 0.516. The molecule has 2 rings (SSSR count). The third-order valence-electron chi connectivity index (χ3n) is 3.21. The molecular formula is C12H18N4O3S. The van der Waals surface area contributed by atoms with Gasteiger partial charge in [0, 0.05) is 37.5 Å². The highest BCUT2D eigenvalue weighted by molar-refractivity contribution is 7.09. The molecule has 1 aromatic heterocycles. The number of aromatic carboxylic acids is 1. The number of nitrogens with one attached hydrogen (secondary N) is 1. The number of likely N-dealkylation sites (tertiary alicyclic amines) is 1. The van der Waals surface area contributed by atoms with Crippen LogP contribution in [0.25, 0.3) is 0 Å². The molecule has 1 aliphatic rings. The number of thiazole rings is 1. The Labute approximate surface area is 120 Å². The first-order valence-corrected chi connectivity index (χ1v) is 7.40. The minimum Gasteiger partial charge on any atom is -0.476 e. The van der Waals surface area contributed by atoms with Gasteiger partial charge in [-0.15, -0.1) is 11.3 Å². The summed E-state index contributed by atoms with van der Waals surface area (Å²) in [6.45, 7) is 1.83. The van der Waals surface area contributed by atoms with Gasteiger partial charge in [0.1, 0.15) is 0 Å². The summed E-state index contributed by atoms with van der Waals surface area (Å²) in [5.41, 5.74) is 5.84. The number of carboxylic acid groups (broad SMARTS) is 1. The van der Waals surface area contributed by atoms with E-state index in [4.69, 9.17) is 10.8 Å². The average Bonchev–Trinajstić information content (AvgIpc) is 2.88. The standard InChI is InChI=1S/C12H18N4O3S/c13-8-2-5-16(6-3-8)12(19)14-4-1-10-15-9(7-20-10)11(17)18/h7-8H,1-6,13H2,(H,14,19)(H,17,18). The van der Waals surface area contributed by atoms with Crippen LogP contribution in [0, 0.1) is 0 Å². The van der Waals surface area contributed by atoms with Crippen molar-refractivity contribution in [1.29, 1.82) is 0 Å². The van der Waals surface area contributed by atoms with E-state index in [-0.39, 0.29) is 17.8 Å². The molecule has 0 saturated carbocycles. The van der Waals surface area contributed by atoms with E-state index in [1.54, 1.807) is 4.90 Å². The van der Waals surface area contributed by atoms with Gasteiger partial charge in [0.15, 0.2) is 5.69 Å². The van der Waals surface area contributed by atoms with Crippen LogP contribution < -0.4 is 11.1 Å². The van der Waals surface area contributed by atoms with Gasteiger partial charge >= 0.3 is 12.0 Å². The molecule has 1 aromatic rings. The number of carboxylic acids is 1. The van der Waals surface area contributed by atoms with E-state index in [0.29, 0.717) is 31.1 Å². The number of hydrogen-bond donors (Lipinski definition) is 3. The molecule has 110 valence electrons. The molecule has 0 unspecified atom stereocenters. The summed E-state index contributed by atoms with van der Waals surface area (Å²) < 4.78 is 0. The molecule has 2 amide bonds. The molecule has 1 saturated heterocycles. The normalized spacial score (nSPS) is 16.1. The van der Waals surface area contributed by atoms with Gasteiger partial charge in [-0.1, -0.05) is 0 Å². The molecule has 2 heterocycles. The van der Waals surface area contributed by atoms with E-state index < -0.39 is 5.97 Å². The van der Waals surface area contributed by atoms with Crippen molar-refractivity contribution in [1.82, 2.24) is 15.2 Å². The van der Waals surface area contributed by atoms with E-state index in [1.807, 2.05) is 0 Å². The van der Waals surface area contributed by atoms with E-state index in [1.165, 1.54) is 16.7 Å². The lowest BCUT2D eigenvalue weighted by Crippen LogP contribution is -2.47. The van der Waals surface area contributed by atoms with Gasteiger partial charge in [-0.25, -0.2) is 14.6 Å². The lowest BCUT2D eigenvalue weighted by Gasteiger charge is -2.30. The summed E-state index contributed by atoms with van der Waals surface area (Å²) in [7, 11) is 0. The third kappa shape index (κ3) is 3.91. The molecule has 20 heavy (non-hydrogen) atoms. The monoisotopic (exact) mass is 298 g/mol. The molecule has 0 aliphatic carbocycles. The van der Waals surface area contributed by atoms with Gasteiger partial charge in [0.2, 0.25) is 0 Å². The molecule has 1 fully saturated rings. The third-order valence-corrected chi connectivity index (χ3v) is 4.12. The van der Waals surface area contributed by atoms with Crippen LogP contribution in [-0.4, -0.2) is 52.7 Å². The maximum absolute atomic E-state index is 11.9. The number of amides is 2. The van der Waals surface area contributed by atoms with Crippen molar-refractivity contribution in [2.75, 3.05) is 19.6 Å². The first-order chi connectivity index (χ1) is 9.56. The number of piperidine rings is 1. The fourth-order valence-electron chi connectivity index (χ4n) is 2.01. The van der Waals surface area contributed by atoms with Gasteiger partial charge in [-0.2, -0.15) is 0 Å². The highest BCUT2D eigenvalue weighted by atomic mass is 32.1. The number of hydrogen-bond acceptors (Lipinski definition) is 5. The second-order valence-electron chi connectivity index (χ2n) is 4.74. The highest BCUT2D eigenvalue weighted by Gasteiger charge is 2.20. The van der Waals surface area contributed by atoms with Crippen molar-refractivity contribution in [3.8, 4) is 0 Å². The number of carbonyl (C=O) groups is 2. The van der Waals surface area contributed by atoms with Crippen LogP contribution in [0.5, 0.6) is 0 Å². The number of carbonyl (C=O) groups excluding carboxylic acids is 1. The maximum atomic E-state index is 11.9. The van der Waals surface area contributed by atoms with E-state index >= 15 is 0 Å². The summed E-state index contributed by atoms with van der Waals surface area (Å²) in [6.07, 6.45) is 2.21. The van der Waals surface area contributed by atoms with Crippen LogP contribution in [0.4, 0.5) is 4.79 Å². The highest BCUT2D eigenvalue weighted by Crippen LogP contribution is 2.10. The smallest absolute Gasteiger partial charge is 0.355 e. The number of aromatic nitrogens is 1. The number of nitrogens with zero attached hydrogens (tertiary/aromatic N) is 2. The van der Waals surface area contributed by atoms with E-state index in [2.05, 4.69) is 10.3 Å². The van der Waals surface area contributed by atoms with Crippen LogP contribution in [0.1, 0.15) is 28.3 Å². The van der Waals surface area contributed by atoms with Crippen LogP contribution >= 0.6 is 11.3 Å². The van der Waals surface area contributed by atoms with Gasteiger partial charge in [-0.05, 0) is 12.8 Å². The van der Waals surface area contributed by atoms with E-state index in [0.717, 1.165) is 12.8 Å². The van der Waals surface area contributed by atoms with E-state index in [9.17, 15) is 9.59 Å². The first-order valence-electron chi connectivity index (χ1n) is 6.52. The minimum absolute atomic E-state index is 0.0568. The van der Waals surface area contributed by atoms with Crippen LogP contribution in [0.15, 0.2) is 5.38 Å². The van der Waals surface area contributed by atoms with Crippen LogP contribution in [-0.2, 0) is 6.42 Å². The van der Waals surface area contributed by atoms with Crippen molar-refractivity contribution in [2.45, 2.75) is 25.3 Å². The topological polar surface area (TPSA) is 109 Å². The Morgan fingerprint density at radius 3 is 2.80 bits per heavy atom. The van der Waals surface area contributed by atoms with Crippen molar-refractivity contribution < 1.29 is 14.7 Å². The molecule has 0 spiro atoms. The van der Waals surface area contributed by atoms with Crippen LogP contribution in [0.2, 0.25) is 0 Å². The zero-order chi connectivity index (χ0) is 14.5. The van der Waals surface area contributed by atoms with Crippen molar-refractivity contribution in [3.05, 3.63) is 16.1 Å². The quantitative estimate of drug-likeness (QED) is 0.751. The lowest BCUT2D eigenvalue weighted by molar-refractivity contribution is 0.0691. The van der Waals surface area contributed by atoms with Gasteiger partial charge < -0.3 is 21.1 Å². The molecule has 0 radical (unpaired) electrons. The zero-order valence-electron chi connectivity index (χ0n) is 11.0. The van der Waals surface area contributed by atoms with Crippen molar-refractivity contribution >= 4 is 23.3 Å². The molecular weight excluding hydrogens is 280 g/mol. The molecule has 4 N–H and O–H groups in total. The van der Waals surface area contributed by atoms with Gasteiger partial charge in [-0.3, -0.25) is 0 Å². The fourth-order valence-corrected chi connectivity index (χ4v) is 2.79. The Morgan fingerprint density at radius 1 is 1.50 bits per heavy atom. The zero-order valence-corrected chi connectivity index (χ0v) is 11.9. The number of nitrogens with two attached hydrogens (primary N) is 1. The summed E-state index contributed by atoms with van der Waals surface area (Å²) in [5.74, 6) is -1.03. The molecule has 0 aromatic carbocycles. The summed E-state index contributed by atoms with van der Waals surface area (Å²) in [6, 6.07) is 0.107. The maximum Gasteiger partial charge on any atom is 0.355 e. The molecule has 8 heteroatoms. The predicted molar refractivity (Wildman–Crippen MR) is 75.0 cm³/mol. The van der Waals surface area contributed by atoms with Gasteiger partial charge in [0.25, 0.3) is 0 Å². The second kappa shape index (κ2) is 6.67. The van der Waals surface area contributed by atoms with Gasteiger partial charge in [0.05, 0.1) is 5.01 Å². The Balaban J connectivity index is 1.72. The SMILES string of the molecule is NC1CCN(C(=O)NCCc2nc(C(=O)O)cs2)CC1. The largest absolute Gasteiger partial charge is 0.476 e. The van der Waals surface area contributed by atoms with Crippen LogP contribution in [0.3, 0.4) is 0 Å². The Bertz CT molecular complexity index is 483. The number of rotatable bonds is 4. The Hall–Kier alpha value is -1.67. The Morgan fingerprint density at radius 2 is 2.20 bits per heavy atom. The van der Waals surface area contributed by atoms with Crippen molar-refractivity contribution in [2.24, 2.45) is 5.73 Å². The molecule has 7 nitrogen and oxygen atoms in total. The molecule has 0 atom stereocenters. The minimum atomic E-state index is -1.03. The van der Waals surface area contributed by atoms with Crippen molar-refractivity contribution in [3.63, 3.8) is 0 Å². The summed E-state index contributed by atoms with van der Waals surface area (Å²) >= 11 is 1.29.